The Balaban J connectivity index is 1.81. The quantitative estimate of drug-likeness (QED) is 0.633. The molecule has 0 aliphatic carbocycles. The minimum atomic E-state index is 1.01. The summed E-state index contributed by atoms with van der Waals surface area (Å²) in [6.45, 7) is 7.12. The molecule has 0 aromatic rings. The van der Waals surface area contributed by atoms with Gasteiger partial charge < -0.3 is 8.97 Å². The molecule has 94 valence electrons. The summed E-state index contributed by atoms with van der Waals surface area (Å²) in [6, 6.07) is 0. The van der Waals surface area contributed by atoms with Crippen molar-refractivity contribution in [1.29, 1.82) is 0 Å². The number of likely N-dealkylation sites (tertiary alicyclic amines) is 2. The predicted molar refractivity (Wildman–Crippen MR) is 69.2 cm³/mol. The van der Waals surface area contributed by atoms with Crippen molar-refractivity contribution < 1.29 is 8.97 Å². The van der Waals surface area contributed by atoms with Gasteiger partial charge in [-0.15, -0.1) is 0 Å². The van der Waals surface area contributed by atoms with E-state index >= 15 is 0 Å². The molecule has 2 rings (SSSR count). The molecule has 2 aliphatic rings. The van der Waals surface area contributed by atoms with Crippen LogP contribution in [0, 0.1) is 5.92 Å². The van der Waals surface area contributed by atoms with E-state index in [0.717, 1.165) is 5.92 Å². The van der Waals surface area contributed by atoms with Gasteiger partial charge in [-0.1, -0.05) is 0 Å². The molecule has 2 aliphatic heterocycles. The van der Waals surface area contributed by atoms with Crippen LogP contribution in [0.25, 0.3) is 0 Å². The Morgan fingerprint density at radius 2 is 1.38 bits per heavy atom. The zero-order chi connectivity index (χ0) is 11.6. The maximum absolute atomic E-state index is 2.49. The van der Waals surface area contributed by atoms with Crippen LogP contribution < -0.4 is 0 Å². The minimum absolute atomic E-state index is 1.01. The first kappa shape index (κ1) is 12.4. The van der Waals surface area contributed by atoms with Gasteiger partial charge in [0.15, 0.2) is 0 Å². The van der Waals surface area contributed by atoms with E-state index in [9.17, 15) is 0 Å². The first-order valence-electron chi connectivity index (χ1n) is 7.15. The molecule has 0 atom stereocenters. The highest BCUT2D eigenvalue weighted by molar-refractivity contribution is 4.65. The van der Waals surface area contributed by atoms with E-state index < -0.39 is 0 Å². The van der Waals surface area contributed by atoms with Crippen LogP contribution >= 0.6 is 0 Å². The number of piperidine rings is 2. The highest BCUT2D eigenvalue weighted by Gasteiger charge is 2.33. The van der Waals surface area contributed by atoms with E-state index in [4.69, 9.17) is 0 Å². The fourth-order valence-corrected chi connectivity index (χ4v) is 3.58. The van der Waals surface area contributed by atoms with Crippen LogP contribution in [-0.2, 0) is 0 Å². The van der Waals surface area contributed by atoms with E-state index in [1.165, 1.54) is 73.8 Å². The van der Waals surface area contributed by atoms with Crippen molar-refractivity contribution in [3.63, 3.8) is 0 Å². The van der Waals surface area contributed by atoms with Gasteiger partial charge in [-0.2, -0.15) is 0 Å². The smallest absolute Gasteiger partial charge is 0.0817 e. The minimum Gasteiger partial charge on any atom is -0.328 e. The fourth-order valence-electron chi connectivity index (χ4n) is 3.58. The summed E-state index contributed by atoms with van der Waals surface area (Å²) in [5.41, 5.74) is 0. The molecule has 0 aromatic carbocycles. The SMILES string of the molecule is C[N+]1(C)CCC(C[N+]2(C)CCCCC2)CC1. The highest BCUT2D eigenvalue weighted by atomic mass is 15.3. The molecule has 0 saturated carbocycles. The number of hydrogen-bond acceptors (Lipinski definition) is 0. The van der Waals surface area contributed by atoms with Crippen LogP contribution in [0.4, 0.5) is 0 Å². The molecule has 0 spiro atoms. The van der Waals surface area contributed by atoms with E-state index in [1.807, 2.05) is 0 Å². The summed E-state index contributed by atoms with van der Waals surface area (Å²) in [6.07, 6.45) is 7.32. The van der Waals surface area contributed by atoms with Crippen molar-refractivity contribution >= 4 is 0 Å². The lowest BCUT2D eigenvalue weighted by Crippen LogP contribution is -2.54. The van der Waals surface area contributed by atoms with Crippen LogP contribution in [0.3, 0.4) is 0 Å². The molecular formula is C14H30N2+2. The molecule has 0 radical (unpaired) electrons. The predicted octanol–water partition coefficient (Wildman–Crippen LogP) is 2.10. The Labute approximate surface area is 101 Å². The van der Waals surface area contributed by atoms with E-state index in [1.54, 1.807) is 0 Å². The maximum Gasteiger partial charge on any atom is 0.0817 e. The topological polar surface area (TPSA) is 0 Å². The molecule has 2 fully saturated rings. The Bertz CT molecular complexity index is 219. The summed E-state index contributed by atoms with van der Waals surface area (Å²) >= 11 is 0. The third-order valence-corrected chi connectivity index (χ3v) is 4.88. The molecule has 0 amide bonds. The molecule has 0 bridgehead atoms. The van der Waals surface area contributed by atoms with Gasteiger partial charge >= 0.3 is 0 Å². The van der Waals surface area contributed by atoms with Crippen molar-refractivity contribution in [2.24, 2.45) is 5.92 Å². The van der Waals surface area contributed by atoms with Gasteiger partial charge in [0, 0.05) is 18.8 Å². The summed E-state index contributed by atoms with van der Waals surface area (Å²) < 4.78 is 2.62. The van der Waals surface area contributed by atoms with Gasteiger partial charge in [0.25, 0.3) is 0 Å². The second-order valence-electron chi connectivity index (χ2n) is 7.14. The van der Waals surface area contributed by atoms with E-state index in [2.05, 4.69) is 21.1 Å². The first-order valence-corrected chi connectivity index (χ1v) is 7.15. The molecule has 0 N–H and O–H groups in total. The third-order valence-electron chi connectivity index (χ3n) is 4.88. The van der Waals surface area contributed by atoms with Gasteiger partial charge in [0.2, 0.25) is 0 Å². The number of rotatable bonds is 2. The Morgan fingerprint density at radius 3 is 1.94 bits per heavy atom. The fraction of sp³-hybridized carbons (Fsp3) is 1.00. The standard InChI is InChI=1S/C14H30N2/c1-15(2)11-7-14(8-12-15)13-16(3)9-5-4-6-10-16/h14H,4-13H2,1-3H3/q+2. The van der Waals surface area contributed by atoms with Crippen molar-refractivity contribution in [1.82, 2.24) is 0 Å². The molecule has 16 heavy (non-hydrogen) atoms. The first-order chi connectivity index (χ1) is 7.49. The Morgan fingerprint density at radius 1 is 0.812 bits per heavy atom. The van der Waals surface area contributed by atoms with E-state index in [-0.39, 0.29) is 0 Å². The van der Waals surface area contributed by atoms with Crippen molar-refractivity contribution in [3.05, 3.63) is 0 Å². The zero-order valence-electron chi connectivity index (χ0n) is 11.5. The lowest BCUT2D eigenvalue weighted by Gasteiger charge is -2.43. The van der Waals surface area contributed by atoms with Crippen molar-refractivity contribution in [3.8, 4) is 0 Å². The number of hydrogen-bond donors (Lipinski definition) is 0. The van der Waals surface area contributed by atoms with Crippen LogP contribution in [0.5, 0.6) is 0 Å². The Kier molecular flexibility index (Phi) is 3.60. The third kappa shape index (κ3) is 3.21. The summed E-state index contributed by atoms with van der Waals surface area (Å²) in [5.74, 6) is 1.01. The van der Waals surface area contributed by atoms with Crippen molar-refractivity contribution in [2.75, 3.05) is 53.9 Å². The zero-order valence-corrected chi connectivity index (χ0v) is 11.5. The molecule has 2 saturated heterocycles. The molecule has 0 unspecified atom stereocenters. The molecule has 2 heterocycles. The van der Waals surface area contributed by atoms with Gasteiger partial charge in [0.1, 0.15) is 0 Å². The maximum atomic E-state index is 2.49. The van der Waals surface area contributed by atoms with E-state index in [0.29, 0.717) is 0 Å². The lowest BCUT2D eigenvalue weighted by molar-refractivity contribution is -0.924. The largest absolute Gasteiger partial charge is 0.328 e. The average molecular weight is 226 g/mol. The number of nitrogens with zero attached hydrogens (tertiary/aromatic N) is 2. The summed E-state index contributed by atoms with van der Waals surface area (Å²) in [5, 5.41) is 0. The van der Waals surface area contributed by atoms with Gasteiger partial charge in [-0.05, 0) is 19.3 Å². The second kappa shape index (κ2) is 4.66. The van der Waals surface area contributed by atoms with Gasteiger partial charge in [-0.25, -0.2) is 0 Å². The normalized spacial score (nSPS) is 30.2. The monoisotopic (exact) mass is 226 g/mol. The molecule has 0 aromatic heterocycles. The Hall–Kier alpha value is -0.0800. The average Bonchev–Trinajstić information content (AvgIpc) is 2.22. The summed E-state index contributed by atoms with van der Waals surface area (Å²) in [7, 11) is 7.26. The molecule has 2 heteroatoms. The van der Waals surface area contributed by atoms with Gasteiger partial charge in [-0.3, -0.25) is 0 Å². The van der Waals surface area contributed by atoms with Crippen LogP contribution in [0.15, 0.2) is 0 Å². The molecular weight excluding hydrogens is 196 g/mol. The number of quaternary nitrogens is 2. The molecule has 2 nitrogen and oxygen atoms in total. The van der Waals surface area contributed by atoms with Crippen LogP contribution in [-0.4, -0.2) is 62.8 Å². The lowest BCUT2D eigenvalue weighted by atomic mass is 9.93. The van der Waals surface area contributed by atoms with Crippen LogP contribution in [0.1, 0.15) is 32.1 Å². The van der Waals surface area contributed by atoms with Crippen LogP contribution in [0.2, 0.25) is 0 Å². The van der Waals surface area contributed by atoms with Crippen molar-refractivity contribution in [2.45, 2.75) is 32.1 Å². The summed E-state index contributed by atoms with van der Waals surface area (Å²) in [4.78, 5) is 0. The highest BCUT2D eigenvalue weighted by Crippen LogP contribution is 2.25. The van der Waals surface area contributed by atoms with Gasteiger partial charge in [0.05, 0.1) is 53.9 Å². The second-order valence-corrected chi connectivity index (χ2v) is 7.14.